The standard InChI is InChI=1S/C16H15F3O2/c1-11-6-8-12(9-7-11)21-10-15(20)13-4-2-3-5-14(13)16(17,18)19/h2-9,15,20H,10H2,1H3. The topological polar surface area (TPSA) is 29.5 Å². The van der Waals surface area contributed by atoms with Gasteiger partial charge in [0.05, 0.1) is 5.56 Å². The number of aliphatic hydroxyl groups is 1. The van der Waals surface area contributed by atoms with E-state index in [-0.39, 0.29) is 12.2 Å². The molecule has 2 aromatic carbocycles. The first-order valence-corrected chi connectivity index (χ1v) is 6.41. The van der Waals surface area contributed by atoms with E-state index in [1.807, 2.05) is 19.1 Å². The van der Waals surface area contributed by atoms with E-state index >= 15 is 0 Å². The lowest BCUT2D eigenvalue weighted by molar-refractivity contribution is -0.139. The summed E-state index contributed by atoms with van der Waals surface area (Å²) in [6, 6.07) is 12.0. The Morgan fingerprint density at radius 2 is 1.67 bits per heavy atom. The first kappa shape index (κ1) is 15.4. The van der Waals surface area contributed by atoms with Crippen LogP contribution in [0.5, 0.6) is 5.75 Å². The maximum absolute atomic E-state index is 12.9. The van der Waals surface area contributed by atoms with Crippen LogP contribution in [0.15, 0.2) is 48.5 Å². The van der Waals surface area contributed by atoms with Gasteiger partial charge < -0.3 is 9.84 Å². The van der Waals surface area contributed by atoms with Crippen LogP contribution in [0.3, 0.4) is 0 Å². The van der Waals surface area contributed by atoms with Gasteiger partial charge >= 0.3 is 6.18 Å². The molecule has 0 aromatic heterocycles. The summed E-state index contributed by atoms with van der Waals surface area (Å²) in [6.07, 6.45) is -5.84. The molecule has 0 radical (unpaired) electrons. The summed E-state index contributed by atoms with van der Waals surface area (Å²) in [6.45, 7) is 1.67. The second kappa shape index (κ2) is 6.18. The number of aliphatic hydroxyl groups excluding tert-OH is 1. The van der Waals surface area contributed by atoms with Crippen LogP contribution in [0.2, 0.25) is 0 Å². The van der Waals surface area contributed by atoms with Crippen molar-refractivity contribution in [2.45, 2.75) is 19.2 Å². The van der Waals surface area contributed by atoms with E-state index in [0.29, 0.717) is 5.75 Å². The number of hydrogen-bond acceptors (Lipinski definition) is 2. The molecule has 21 heavy (non-hydrogen) atoms. The van der Waals surface area contributed by atoms with Gasteiger partial charge in [-0.05, 0) is 30.7 Å². The molecule has 0 aliphatic heterocycles. The molecule has 0 heterocycles. The van der Waals surface area contributed by atoms with Gasteiger partial charge in [0.2, 0.25) is 0 Å². The Morgan fingerprint density at radius 1 is 1.05 bits per heavy atom. The smallest absolute Gasteiger partial charge is 0.416 e. The van der Waals surface area contributed by atoms with Crippen LogP contribution in [-0.4, -0.2) is 11.7 Å². The number of aryl methyl sites for hydroxylation is 1. The van der Waals surface area contributed by atoms with Gasteiger partial charge in [0, 0.05) is 0 Å². The van der Waals surface area contributed by atoms with Crippen LogP contribution in [-0.2, 0) is 6.18 Å². The van der Waals surface area contributed by atoms with Crippen molar-refractivity contribution in [1.82, 2.24) is 0 Å². The molecule has 1 atom stereocenters. The molecule has 2 aromatic rings. The Hall–Kier alpha value is -2.01. The number of halogens is 3. The summed E-state index contributed by atoms with van der Waals surface area (Å²) in [4.78, 5) is 0. The highest BCUT2D eigenvalue weighted by atomic mass is 19.4. The Bertz CT molecular complexity index is 591. The summed E-state index contributed by atoms with van der Waals surface area (Å²) >= 11 is 0. The first-order chi connectivity index (χ1) is 9.88. The maximum atomic E-state index is 12.9. The van der Waals surface area contributed by atoms with Gasteiger partial charge in [0.15, 0.2) is 0 Å². The zero-order chi connectivity index (χ0) is 15.5. The molecule has 112 valence electrons. The predicted octanol–water partition coefficient (Wildman–Crippen LogP) is 4.13. The van der Waals surface area contributed by atoms with Crippen molar-refractivity contribution in [2.75, 3.05) is 6.61 Å². The minimum absolute atomic E-state index is 0.183. The molecule has 0 saturated carbocycles. The minimum atomic E-state index is -4.50. The van der Waals surface area contributed by atoms with Gasteiger partial charge in [0.1, 0.15) is 18.5 Å². The summed E-state index contributed by atoms with van der Waals surface area (Å²) in [5.74, 6) is 0.504. The van der Waals surface area contributed by atoms with Gasteiger partial charge in [-0.15, -0.1) is 0 Å². The predicted molar refractivity (Wildman–Crippen MR) is 73.1 cm³/mol. The molecule has 0 bridgehead atoms. The molecule has 1 unspecified atom stereocenters. The van der Waals surface area contributed by atoms with E-state index in [0.717, 1.165) is 11.6 Å². The lowest BCUT2D eigenvalue weighted by Crippen LogP contribution is -2.16. The van der Waals surface area contributed by atoms with Crippen LogP contribution in [0.4, 0.5) is 13.2 Å². The van der Waals surface area contributed by atoms with Gasteiger partial charge in [-0.2, -0.15) is 13.2 Å². The molecule has 0 aliphatic carbocycles. The number of ether oxygens (including phenoxy) is 1. The fourth-order valence-corrected chi connectivity index (χ4v) is 1.95. The third-order valence-corrected chi connectivity index (χ3v) is 3.05. The van der Waals surface area contributed by atoms with Crippen LogP contribution < -0.4 is 4.74 Å². The molecule has 1 N–H and O–H groups in total. The summed E-state index contributed by atoms with van der Waals surface area (Å²) in [7, 11) is 0. The molecule has 2 rings (SSSR count). The normalized spacial score (nSPS) is 13.0. The molecule has 0 aliphatic rings. The average Bonchev–Trinajstić information content (AvgIpc) is 2.45. The monoisotopic (exact) mass is 296 g/mol. The first-order valence-electron chi connectivity index (χ1n) is 6.41. The quantitative estimate of drug-likeness (QED) is 0.919. The molecule has 0 spiro atoms. The fraction of sp³-hybridized carbons (Fsp3) is 0.250. The van der Waals surface area contributed by atoms with E-state index in [1.165, 1.54) is 18.2 Å². The van der Waals surface area contributed by atoms with Crippen molar-refractivity contribution >= 4 is 0 Å². The van der Waals surface area contributed by atoms with Gasteiger partial charge in [-0.1, -0.05) is 35.9 Å². The van der Waals surface area contributed by atoms with Crippen molar-refractivity contribution in [3.8, 4) is 5.75 Å². The van der Waals surface area contributed by atoms with Crippen molar-refractivity contribution in [2.24, 2.45) is 0 Å². The third kappa shape index (κ3) is 3.98. The summed E-state index contributed by atoms with van der Waals surface area (Å²) in [5, 5.41) is 9.96. The zero-order valence-electron chi connectivity index (χ0n) is 11.4. The molecule has 0 amide bonds. The number of rotatable bonds is 4. The van der Waals surface area contributed by atoms with Crippen molar-refractivity contribution in [1.29, 1.82) is 0 Å². The molecule has 2 nitrogen and oxygen atoms in total. The molecular formula is C16H15F3O2. The molecule has 0 fully saturated rings. The highest BCUT2D eigenvalue weighted by Crippen LogP contribution is 2.34. The minimum Gasteiger partial charge on any atom is -0.491 e. The van der Waals surface area contributed by atoms with Crippen molar-refractivity contribution in [3.05, 3.63) is 65.2 Å². The maximum Gasteiger partial charge on any atom is 0.416 e. The molecule has 5 heteroatoms. The zero-order valence-corrected chi connectivity index (χ0v) is 11.4. The second-order valence-electron chi connectivity index (χ2n) is 4.72. The lowest BCUT2D eigenvalue weighted by atomic mass is 10.0. The highest BCUT2D eigenvalue weighted by molar-refractivity contribution is 5.32. The Morgan fingerprint density at radius 3 is 2.29 bits per heavy atom. The van der Waals surface area contributed by atoms with Crippen LogP contribution in [0.25, 0.3) is 0 Å². The number of alkyl halides is 3. The van der Waals surface area contributed by atoms with Crippen molar-refractivity contribution in [3.63, 3.8) is 0 Å². The number of hydrogen-bond donors (Lipinski definition) is 1. The van der Waals surface area contributed by atoms with Crippen LogP contribution in [0.1, 0.15) is 22.8 Å². The van der Waals surface area contributed by atoms with Gasteiger partial charge in [-0.25, -0.2) is 0 Å². The van der Waals surface area contributed by atoms with E-state index in [4.69, 9.17) is 4.74 Å². The van der Waals surface area contributed by atoms with Crippen LogP contribution in [0, 0.1) is 6.92 Å². The summed E-state index contributed by atoms with van der Waals surface area (Å²) < 4.78 is 43.9. The Kier molecular flexibility index (Phi) is 4.53. The summed E-state index contributed by atoms with van der Waals surface area (Å²) in [5.41, 5.74) is 0.0208. The largest absolute Gasteiger partial charge is 0.491 e. The second-order valence-corrected chi connectivity index (χ2v) is 4.72. The van der Waals surface area contributed by atoms with E-state index in [1.54, 1.807) is 12.1 Å². The number of benzene rings is 2. The SMILES string of the molecule is Cc1ccc(OCC(O)c2ccccc2C(F)(F)F)cc1. The molecular weight excluding hydrogens is 281 g/mol. The average molecular weight is 296 g/mol. The van der Waals surface area contributed by atoms with Gasteiger partial charge in [-0.3, -0.25) is 0 Å². The van der Waals surface area contributed by atoms with Gasteiger partial charge in [0.25, 0.3) is 0 Å². The van der Waals surface area contributed by atoms with E-state index < -0.39 is 17.8 Å². The van der Waals surface area contributed by atoms with Crippen molar-refractivity contribution < 1.29 is 23.0 Å². The van der Waals surface area contributed by atoms with E-state index in [9.17, 15) is 18.3 Å². The third-order valence-electron chi connectivity index (χ3n) is 3.05. The Labute approximate surface area is 120 Å². The van der Waals surface area contributed by atoms with Crippen LogP contribution >= 0.6 is 0 Å². The van der Waals surface area contributed by atoms with E-state index in [2.05, 4.69) is 0 Å². The Balaban J connectivity index is 2.10. The highest BCUT2D eigenvalue weighted by Gasteiger charge is 2.34. The fourth-order valence-electron chi connectivity index (χ4n) is 1.95. The lowest BCUT2D eigenvalue weighted by Gasteiger charge is -2.18. The molecule has 0 saturated heterocycles.